The number of nitrogen functional groups attached to an aromatic ring is 1. The van der Waals surface area contributed by atoms with E-state index >= 15 is 4.39 Å². The van der Waals surface area contributed by atoms with E-state index in [0.717, 1.165) is 41.4 Å². The van der Waals surface area contributed by atoms with Crippen LogP contribution in [0.3, 0.4) is 0 Å². The lowest BCUT2D eigenvalue weighted by Gasteiger charge is -2.27. The van der Waals surface area contributed by atoms with E-state index in [1.807, 2.05) is 24.3 Å². The van der Waals surface area contributed by atoms with Gasteiger partial charge in [-0.2, -0.15) is 0 Å². The largest absolute Gasteiger partial charge is 0.382 e. The summed E-state index contributed by atoms with van der Waals surface area (Å²) in [4.78, 5) is 21.9. The Morgan fingerprint density at radius 3 is 2.66 bits per heavy atom. The Morgan fingerprint density at radius 2 is 2.00 bits per heavy atom. The number of amides is 1. The summed E-state index contributed by atoms with van der Waals surface area (Å²) in [6, 6.07) is 11.4. The van der Waals surface area contributed by atoms with Crippen LogP contribution in [0.25, 0.3) is 11.3 Å². The summed E-state index contributed by atoms with van der Waals surface area (Å²) in [6.45, 7) is 0.174. The quantitative estimate of drug-likeness (QED) is 0.398. The van der Waals surface area contributed by atoms with E-state index in [1.54, 1.807) is 19.4 Å². The predicted octanol–water partition coefficient (Wildman–Crippen LogP) is 4.73. The van der Waals surface area contributed by atoms with Gasteiger partial charge in [-0.15, -0.1) is 0 Å². The number of carbonyl (C=O) groups excluding carboxylic acids is 1. The van der Waals surface area contributed by atoms with Crippen LogP contribution < -0.4 is 16.8 Å². The normalized spacial score (nSPS) is 18.7. The van der Waals surface area contributed by atoms with Crippen molar-refractivity contribution in [3.05, 3.63) is 75.8 Å². The molecule has 35 heavy (non-hydrogen) atoms. The highest BCUT2D eigenvalue weighted by molar-refractivity contribution is 9.10. The molecule has 9 heteroatoms. The summed E-state index contributed by atoms with van der Waals surface area (Å²) in [5.41, 5.74) is 14.4. The molecule has 1 aliphatic carbocycles. The third kappa shape index (κ3) is 5.86. The van der Waals surface area contributed by atoms with Gasteiger partial charge in [0.15, 0.2) is 0 Å². The number of nitrogens with one attached hydrogen (secondary N) is 1. The second-order valence-electron chi connectivity index (χ2n) is 8.75. The first-order valence-corrected chi connectivity index (χ1v) is 12.4. The number of nitrogens with two attached hydrogens (primary N) is 2. The number of benzene rings is 2. The van der Waals surface area contributed by atoms with E-state index in [1.165, 1.54) is 12.1 Å². The standard InChI is InChI=1S/C26H29BrFN5O2/c1-35-19-8-5-15(6-9-19)23-14-31-25(30)24(32-23)17-7-10-20(21(28)12-17)26(34)33-22(13-29)16-3-2-4-18(27)11-16/h2-4,7,10-12,14-15,19,22H,5-6,8-9,13,29H2,1H3,(H2,30,31)(H,33,34)/t15-,19-,22-/m1/s1. The number of hydrogen-bond acceptors (Lipinski definition) is 6. The molecule has 1 aromatic heterocycles. The molecule has 0 radical (unpaired) electrons. The summed E-state index contributed by atoms with van der Waals surface area (Å²) in [5.74, 6) is -0.743. The summed E-state index contributed by atoms with van der Waals surface area (Å²) in [5, 5.41) is 2.81. The van der Waals surface area contributed by atoms with Crippen molar-refractivity contribution in [3.8, 4) is 11.3 Å². The van der Waals surface area contributed by atoms with Crippen molar-refractivity contribution >= 4 is 27.7 Å². The highest BCUT2D eigenvalue weighted by atomic mass is 79.9. The third-order valence-electron chi connectivity index (χ3n) is 6.52. The summed E-state index contributed by atoms with van der Waals surface area (Å²) in [7, 11) is 1.74. The van der Waals surface area contributed by atoms with Crippen molar-refractivity contribution in [2.75, 3.05) is 19.4 Å². The van der Waals surface area contributed by atoms with E-state index in [-0.39, 0.29) is 29.9 Å². The number of ether oxygens (including phenoxy) is 1. The Bertz CT molecular complexity index is 1200. The fraction of sp³-hybridized carbons (Fsp3) is 0.346. The molecule has 1 amide bonds. The number of rotatable bonds is 7. The van der Waals surface area contributed by atoms with Crippen LogP contribution in [0, 0.1) is 5.82 Å². The topological polar surface area (TPSA) is 116 Å². The fourth-order valence-corrected chi connectivity index (χ4v) is 4.92. The second-order valence-corrected chi connectivity index (χ2v) is 9.67. The number of nitrogens with zero attached hydrogens (tertiary/aromatic N) is 2. The van der Waals surface area contributed by atoms with E-state index < -0.39 is 17.8 Å². The minimum atomic E-state index is -0.669. The Balaban J connectivity index is 1.53. The zero-order chi connectivity index (χ0) is 24.9. The number of hydrogen-bond donors (Lipinski definition) is 3. The molecule has 0 aliphatic heterocycles. The van der Waals surface area contributed by atoms with Crippen molar-refractivity contribution in [1.29, 1.82) is 0 Å². The van der Waals surface area contributed by atoms with Crippen molar-refractivity contribution in [1.82, 2.24) is 15.3 Å². The van der Waals surface area contributed by atoms with Gasteiger partial charge in [-0.3, -0.25) is 4.79 Å². The molecule has 0 unspecified atom stereocenters. The summed E-state index contributed by atoms with van der Waals surface area (Å²) >= 11 is 3.41. The Labute approximate surface area is 212 Å². The van der Waals surface area contributed by atoms with Gasteiger partial charge >= 0.3 is 0 Å². The lowest BCUT2D eigenvalue weighted by Crippen LogP contribution is -2.33. The van der Waals surface area contributed by atoms with Gasteiger partial charge in [-0.05, 0) is 55.5 Å². The first-order chi connectivity index (χ1) is 16.9. The average molecular weight is 542 g/mol. The molecular formula is C26H29BrFN5O2. The molecule has 1 atom stereocenters. The molecule has 4 rings (SSSR count). The highest BCUT2D eigenvalue weighted by Gasteiger charge is 2.25. The lowest BCUT2D eigenvalue weighted by atomic mass is 9.85. The van der Waals surface area contributed by atoms with Crippen LogP contribution in [-0.4, -0.2) is 35.6 Å². The van der Waals surface area contributed by atoms with Crippen LogP contribution in [0.5, 0.6) is 0 Å². The zero-order valence-corrected chi connectivity index (χ0v) is 21.1. The smallest absolute Gasteiger partial charge is 0.254 e. The lowest BCUT2D eigenvalue weighted by molar-refractivity contribution is 0.0655. The van der Waals surface area contributed by atoms with Crippen LogP contribution in [0.15, 0.2) is 53.1 Å². The number of carbonyl (C=O) groups is 1. The number of methoxy groups -OCH3 is 1. The van der Waals surface area contributed by atoms with Crippen molar-refractivity contribution in [3.63, 3.8) is 0 Å². The molecule has 2 aromatic carbocycles. The molecule has 3 aromatic rings. The molecule has 184 valence electrons. The molecule has 0 saturated heterocycles. The molecule has 0 bridgehead atoms. The van der Waals surface area contributed by atoms with Crippen LogP contribution in [0.1, 0.15) is 59.3 Å². The number of anilines is 1. The molecule has 1 fully saturated rings. The van der Waals surface area contributed by atoms with Gasteiger partial charge in [0, 0.05) is 29.6 Å². The second kappa shape index (κ2) is 11.2. The molecule has 1 heterocycles. The zero-order valence-electron chi connectivity index (χ0n) is 19.5. The Morgan fingerprint density at radius 1 is 1.23 bits per heavy atom. The van der Waals surface area contributed by atoms with E-state index in [0.29, 0.717) is 11.3 Å². The fourth-order valence-electron chi connectivity index (χ4n) is 4.50. The van der Waals surface area contributed by atoms with E-state index in [9.17, 15) is 4.79 Å². The predicted molar refractivity (Wildman–Crippen MR) is 137 cm³/mol. The Kier molecular flexibility index (Phi) is 8.10. The first-order valence-electron chi connectivity index (χ1n) is 11.6. The number of halogens is 2. The van der Waals surface area contributed by atoms with E-state index in [4.69, 9.17) is 21.2 Å². The minimum Gasteiger partial charge on any atom is -0.382 e. The van der Waals surface area contributed by atoms with Crippen molar-refractivity contribution in [2.45, 2.75) is 43.7 Å². The molecule has 7 nitrogen and oxygen atoms in total. The van der Waals surface area contributed by atoms with Gasteiger partial charge in [-0.1, -0.05) is 34.1 Å². The average Bonchev–Trinajstić information content (AvgIpc) is 2.87. The van der Waals surface area contributed by atoms with Gasteiger partial charge in [0.25, 0.3) is 5.91 Å². The van der Waals surface area contributed by atoms with Gasteiger partial charge in [0.1, 0.15) is 17.3 Å². The maximum Gasteiger partial charge on any atom is 0.254 e. The molecule has 5 N–H and O–H groups in total. The number of aromatic nitrogens is 2. The maximum absolute atomic E-state index is 15.1. The van der Waals surface area contributed by atoms with E-state index in [2.05, 4.69) is 26.2 Å². The van der Waals surface area contributed by atoms with Crippen LogP contribution >= 0.6 is 15.9 Å². The van der Waals surface area contributed by atoms with Gasteiger partial charge in [-0.25, -0.2) is 14.4 Å². The van der Waals surface area contributed by atoms with Crippen LogP contribution in [-0.2, 0) is 4.74 Å². The summed E-state index contributed by atoms with van der Waals surface area (Å²) in [6.07, 6.45) is 5.80. The SMILES string of the molecule is CO[C@H]1CC[C@H](c2cnc(N)c(-c3ccc(C(=O)N[C@H](CN)c4cccc(Br)c4)c(F)c3)n2)CC1. The van der Waals surface area contributed by atoms with Crippen LogP contribution in [0.2, 0.25) is 0 Å². The van der Waals surface area contributed by atoms with Gasteiger partial charge in [0.2, 0.25) is 0 Å². The molecule has 1 saturated carbocycles. The maximum atomic E-state index is 15.1. The third-order valence-corrected chi connectivity index (χ3v) is 7.02. The van der Waals surface area contributed by atoms with Crippen molar-refractivity contribution < 1.29 is 13.9 Å². The molecule has 1 aliphatic rings. The van der Waals surface area contributed by atoms with Gasteiger partial charge < -0.3 is 21.5 Å². The molecule has 0 spiro atoms. The monoisotopic (exact) mass is 541 g/mol. The van der Waals surface area contributed by atoms with Gasteiger partial charge in [0.05, 0.1) is 29.6 Å². The first kappa shape index (κ1) is 25.2. The molecular weight excluding hydrogens is 513 g/mol. The van der Waals surface area contributed by atoms with Crippen molar-refractivity contribution in [2.24, 2.45) is 5.73 Å². The highest BCUT2D eigenvalue weighted by Crippen LogP contribution is 2.34. The van der Waals surface area contributed by atoms with Crippen LogP contribution in [0.4, 0.5) is 10.2 Å². The minimum absolute atomic E-state index is 0.0808. The Hall–Kier alpha value is -2.88. The summed E-state index contributed by atoms with van der Waals surface area (Å²) < 4.78 is 21.4.